The number of aryl methyl sites for hydroxylation is 1. The van der Waals surface area contributed by atoms with Crippen LogP contribution in [0.1, 0.15) is 52.7 Å². The first kappa shape index (κ1) is 19.1. The molecule has 1 aliphatic rings. The highest BCUT2D eigenvalue weighted by Gasteiger charge is 2.36. The van der Waals surface area contributed by atoms with Crippen molar-refractivity contribution in [1.82, 2.24) is 4.90 Å². The molecule has 0 N–H and O–H groups in total. The van der Waals surface area contributed by atoms with Gasteiger partial charge in [-0.2, -0.15) is 0 Å². The maximum absolute atomic E-state index is 13.5. The Bertz CT molecular complexity index is 1200. The highest BCUT2D eigenvalue weighted by molar-refractivity contribution is 6.31. The second kappa shape index (κ2) is 7.40. The number of halogens is 1. The van der Waals surface area contributed by atoms with E-state index in [-0.39, 0.29) is 5.91 Å². The standard InChI is InChI=1S/C24H22ClNO4/c1-14-10-19(14)21-8-6-18(29-21)13-26(12-17-4-3-9-28-17)24(27)23-15(2)20-11-16(25)5-7-22(20)30-23/h3-9,11,14,19H,10,12-13H2,1-2H3. The molecule has 5 rings (SSSR count). The zero-order valence-electron chi connectivity index (χ0n) is 16.9. The Balaban J connectivity index is 1.46. The van der Waals surface area contributed by atoms with Crippen molar-refractivity contribution in [1.29, 1.82) is 0 Å². The van der Waals surface area contributed by atoms with Gasteiger partial charge < -0.3 is 18.2 Å². The average Bonchev–Trinajstić information content (AvgIpc) is 3.14. The van der Waals surface area contributed by atoms with Gasteiger partial charge in [-0.3, -0.25) is 4.79 Å². The third kappa shape index (κ3) is 3.54. The van der Waals surface area contributed by atoms with Crippen LogP contribution in [-0.2, 0) is 13.1 Å². The summed E-state index contributed by atoms with van der Waals surface area (Å²) in [5, 5.41) is 1.45. The first-order chi connectivity index (χ1) is 14.5. The molecule has 1 aromatic carbocycles. The van der Waals surface area contributed by atoms with Crippen molar-refractivity contribution in [2.45, 2.75) is 39.3 Å². The van der Waals surface area contributed by atoms with E-state index in [1.165, 1.54) is 0 Å². The van der Waals surface area contributed by atoms with Crippen molar-refractivity contribution in [3.63, 3.8) is 0 Å². The first-order valence-electron chi connectivity index (χ1n) is 10.1. The molecule has 1 amide bonds. The molecule has 2 atom stereocenters. The summed E-state index contributed by atoms with van der Waals surface area (Å²) in [6.07, 6.45) is 2.76. The molecule has 0 radical (unpaired) electrons. The van der Waals surface area contributed by atoms with Crippen LogP contribution in [0, 0.1) is 12.8 Å². The Hall–Kier alpha value is -2.92. The molecule has 1 fully saturated rings. The molecule has 5 nitrogen and oxygen atoms in total. The molecule has 1 saturated carbocycles. The van der Waals surface area contributed by atoms with Crippen LogP contribution in [0.15, 0.2) is 62.0 Å². The van der Waals surface area contributed by atoms with E-state index in [1.807, 2.05) is 37.3 Å². The van der Waals surface area contributed by atoms with E-state index in [1.54, 1.807) is 23.3 Å². The Morgan fingerprint density at radius 1 is 1.13 bits per heavy atom. The van der Waals surface area contributed by atoms with Crippen molar-refractivity contribution in [2.75, 3.05) is 0 Å². The van der Waals surface area contributed by atoms with Gasteiger partial charge in [0.25, 0.3) is 5.91 Å². The second-order valence-electron chi connectivity index (χ2n) is 8.06. The second-order valence-corrected chi connectivity index (χ2v) is 8.50. The number of nitrogens with zero attached hydrogens (tertiary/aromatic N) is 1. The van der Waals surface area contributed by atoms with E-state index in [9.17, 15) is 4.79 Å². The van der Waals surface area contributed by atoms with Crippen LogP contribution >= 0.6 is 11.6 Å². The lowest BCUT2D eigenvalue weighted by Crippen LogP contribution is -2.30. The minimum Gasteiger partial charge on any atom is -0.467 e. The van der Waals surface area contributed by atoms with Gasteiger partial charge in [0.1, 0.15) is 22.9 Å². The van der Waals surface area contributed by atoms with Crippen molar-refractivity contribution in [2.24, 2.45) is 5.92 Å². The average molecular weight is 424 g/mol. The summed E-state index contributed by atoms with van der Waals surface area (Å²) in [7, 11) is 0. The molecule has 154 valence electrons. The van der Waals surface area contributed by atoms with Crippen molar-refractivity contribution >= 4 is 28.5 Å². The SMILES string of the molecule is Cc1c(C(=O)N(Cc2ccco2)Cc2ccc(C3CC3C)o2)oc2ccc(Cl)cc12. The number of amides is 1. The normalized spacial score (nSPS) is 18.1. The van der Waals surface area contributed by atoms with E-state index in [2.05, 4.69) is 6.92 Å². The molecule has 3 aromatic heterocycles. The number of benzene rings is 1. The van der Waals surface area contributed by atoms with Crippen LogP contribution in [0.5, 0.6) is 0 Å². The summed E-state index contributed by atoms with van der Waals surface area (Å²) in [4.78, 5) is 15.2. The lowest BCUT2D eigenvalue weighted by atomic mass is 10.1. The van der Waals surface area contributed by atoms with Gasteiger partial charge in [0.15, 0.2) is 5.76 Å². The van der Waals surface area contributed by atoms with Crippen LogP contribution in [0.3, 0.4) is 0 Å². The molecule has 2 unspecified atom stereocenters. The number of rotatable bonds is 6. The molecule has 6 heteroatoms. The number of hydrogen-bond acceptors (Lipinski definition) is 4. The molecule has 0 aliphatic heterocycles. The maximum Gasteiger partial charge on any atom is 0.290 e. The molecule has 1 aliphatic carbocycles. The van der Waals surface area contributed by atoms with Gasteiger partial charge in [-0.15, -0.1) is 0 Å². The Kier molecular flexibility index (Phi) is 4.70. The highest BCUT2D eigenvalue weighted by Crippen LogP contribution is 2.47. The molecular weight excluding hydrogens is 402 g/mol. The Morgan fingerprint density at radius 3 is 2.67 bits per heavy atom. The Morgan fingerprint density at radius 2 is 1.93 bits per heavy atom. The lowest BCUT2D eigenvalue weighted by molar-refractivity contribution is 0.0673. The van der Waals surface area contributed by atoms with Gasteiger partial charge in [-0.1, -0.05) is 18.5 Å². The van der Waals surface area contributed by atoms with Gasteiger partial charge in [0.05, 0.1) is 19.4 Å². The monoisotopic (exact) mass is 423 g/mol. The third-order valence-corrected chi connectivity index (χ3v) is 6.05. The fourth-order valence-electron chi connectivity index (χ4n) is 3.92. The minimum absolute atomic E-state index is 0.214. The molecule has 0 bridgehead atoms. The fourth-order valence-corrected chi connectivity index (χ4v) is 4.09. The molecular formula is C24H22ClNO4. The third-order valence-electron chi connectivity index (χ3n) is 5.81. The van der Waals surface area contributed by atoms with Gasteiger partial charge in [-0.25, -0.2) is 0 Å². The fraction of sp³-hybridized carbons (Fsp3) is 0.292. The number of hydrogen-bond donors (Lipinski definition) is 0. The van der Waals surface area contributed by atoms with Gasteiger partial charge in [0.2, 0.25) is 0 Å². The number of carbonyl (C=O) groups excluding carboxylic acids is 1. The molecule has 0 spiro atoms. The minimum atomic E-state index is -0.214. The van der Waals surface area contributed by atoms with Crippen molar-refractivity contribution in [3.8, 4) is 0 Å². The molecule has 0 saturated heterocycles. The summed E-state index contributed by atoms with van der Waals surface area (Å²) < 4.78 is 17.4. The quantitative estimate of drug-likeness (QED) is 0.353. The topological polar surface area (TPSA) is 59.7 Å². The summed E-state index contributed by atoms with van der Waals surface area (Å²) in [6, 6.07) is 13.0. The molecule has 30 heavy (non-hydrogen) atoms. The van der Waals surface area contributed by atoms with Crippen LogP contribution < -0.4 is 0 Å². The number of furan rings is 3. The number of carbonyl (C=O) groups is 1. The van der Waals surface area contributed by atoms with Crippen molar-refractivity contribution in [3.05, 3.63) is 82.4 Å². The largest absolute Gasteiger partial charge is 0.467 e. The zero-order valence-corrected chi connectivity index (χ0v) is 17.6. The van der Waals surface area contributed by atoms with E-state index >= 15 is 0 Å². The van der Waals surface area contributed by atoms with Gasteiger partial charge >= 0.3 is 0 Å². The highest BCUT2D eigenvalue weighted by atomic mass is 35.5. The van der Waals surface area contributed by atoms with Crippen LogP contribution in [0.4, 0.5) is 0 Å². The Labute approximate surface area is 179 Å². The zero-order chi connectivity index (χ0) is 20.8. The number of fused-ring (bicyclic) bond motifs is 1. The summed E-state index contributed by atoms with van der Waals surface area (Å²) in [5.41, 5.74) is 1.41. The van der Waals surface area contributed by atoms with Crippen LogP contribution in [-0.4, -0.2) is 10.8 Å². The molecule has 3 heterocycles. The van der Waals surface area contributed by atoms with Gasteiger partial charge in [-0.05, 0) is 61.7 Å². The molecule has 4 aromatic rings. The van der Waals surface area contributed by atoms with Crippen molar-refractivity contribution < 1.29 is 18.0 Å². The van der Waals surface area contributed by atoms with E-state index < -0.39 is 0 Å². The van der Waals surface area contributed by atoms with E-state index in [0.717, 1.165) is 28.9 Å². The van der Waals surface area contributed by atoms with Gasteiger partial charge in [0, 0.05) is 21.9 Å². The van der Waals surface area contributed by atoms with Crippen LogP contribution in [0.25, 0.3) is 11.0 Å². The van der Waals surface area contributed by atoms with E-state index in [0.29, 0.717) is 47.1 Å². The predicted molar refractivity (Wildman–Crippen MR) is 113 cm³/mol. The van der Waals surface area contributed by atoms with Crippen LogP contribution in [0.2, 0.25) is 5.02 Å². The maximum atomic E-state index is 13.5. The summed E-state index contributed by atoms with van der Waals surface area (Å²) in [5.74, 6) is 3.70. The summed E-state index contributed by atoms with van der Waals surface area (Å²) in [6.45, 7) is 4.74. The predicted octanol–water partition coefficient (Wildman–Crippen LogP) is 6.55. The first-order valence-corrected chi connectivity index (χ1v) is 10.5. The smallest absolute Gasteiger partial charge is 0.290 e. The lowest BCUT2D eigenvalue weighted by Gasteiger charge is -2.20. The van der Waals surface area contributed by atoms with E-state index in [4.69, 9.17) is 24.9 Å². The summed E-state index contributed by atoms with van der Waals surface area (Å²) >= 11 is 6.13.